The molecule has 9 nitrogen and oxygen atoms in total. The fraction of sp³-hybridized carbons (Fsp3) is 0.357. The summed E-state index contributed by atoms with van der Waals surface area (Å²) >= 11 is 0. The SMILES string of the molecule is O=[N+]([O-])c1cn2c(n1)OC[C@@H](OCc1ccc(OC(F)(F)F)c(O)c1)C2. The van der Waals surface area contributed by atoms with Gasteiger partial charge in [0, 0.05) is 4.98 Å². The number of alkyl halides is 3. The van der Waals surface area contributed by atoms with Crippen LogP contribution in [0.4, 0.5) is 19.0 Å². The third-order valence-electron chi connectivity index (χ3n) is 3.45. The van der Waals surface area contributed by atoms with Crippen molar-refractivity contribution in [2.45, 2.75) is 25.6 Å². The summed E-state index contributed by atoms with van der Waals surface area (Å²) < 4.78 is 52.4. The summed E-state index contributed by atoms with van der Waals surface area (Å²) in [4.78, 5) is 13.8. The van der Waals surface area contributed by atoms with Gasteiger partial charge in [-0.3, -0.25) is 4.57 Å². The molecule has 0 unspecified atom stereocenters. The Labute approximate surface area is 143 Å². The van der Waals surface area contributed by atoms with Gasteiger partial charge in [0.05, 0.1) is 13.2 Å². The van der Waals surface area contributed by atoms with Gasteiger partial charge in [-0.1, -0.05) is 6.07 Å². The molecule has 1 aliphatic rings. The lowest BCUT2D eigenvalue weighted by atomic mass is 10.2. The molecule has 2 heterocycles. The summed E-state index contributed by atoms with van der Waals surface area (Å²) in [7, 11) is 0. The number of aromatic hydroxyl groups is 1. The maximum Gasteiger partial charge on any atom is 0.573 e. The van der Waals surface area contributed by atoms with Gasteiger partial charge in [-0.05, 0) is 22.6 Å². The summed E-state index contributed by atoms with van der Waals surface area (Å²) in [5.74, 6) is -1.72. The van der Waals surface area contributed by atoms with Crippen LogP contribution in [0, 0.1) is 10.1 Å². The molecule has 0 spiro atoms. The lowest BCUT2D eigenvalue weighted by molar-refractivity contribution is -0.389. The highest BCUT2D eigenvalue weighted by molar-refractivity contribution is 5.41. The van der Waals surface area contributed by atoms with Crippen LogP contribution in [0.15, 0.2) is 24.4 Å². The zero-order chi connectivity index (χ0) is 18.9. The number of phenols is 1. The Morgan fingerprint density at radius 3 is 2.88 bits per heavy atom. The van der Waals surface area contributed by atoms with Crippen LogP contribution < -0.4 is 9.47 Å². The van der Waals surface area contributed by atoms with Gasteiger partial charge in [-0.25, -0.2) is 0 Å². The highest BCUT2D eigenvalue weighted by atomic mass is 19.4. The van der Waals surface area contributed by atoms with Crippen molar-refractivity contribution in [1.82, 2.24) is 9.55 Å². The normalized spacial score (nSPS) is 16.7. The lowest BCUT2D eigenvalue weighted by Gasteiger charge is -2.22. The molecule has 0 radical (unpaired) electrons. The molecule has 1 N–H and O–H groups in total. The van der Waals surface area contributed by atoms with Gasteiger partial charge in [0.15, 0.2) is 11.5 Å². The van der Waals surface area contributed by atoms with Crippen LogP contribution in [0.3, 0.4) is 0 Å². The van der Waals surface area contributed by atoms with E-state index in [4.69, 9.17) is 9.47 Å². The summed E-state index contributed by atoms with van der Waals surface area (Å²) in [6.45, 7) is 0.354. The van der Waals surface area contributed by atoms with Crippen LogP contribution in [0.25, 0.3) is 0 Å². The molecular weight excluding hydrogens is 363 g/mol. The predicted octanol–water partition coefficient (Wildman–Crippen LogP) is 2.37. The van der Waals surface area contributed by atoms with E-state index < -0.39 is 28.9 Å². The van der Waals surface area contributed by atoms with Crippen molar-refractivity contribution in [3.05, 3.63) is 40.1 Å². The molecule has 12 heteroatoms. The second-order valence-corrected chi connectivity index (χ2v) is 5.39. The van der Waals surface area contributed by atoms with Gasteiger partial charge >= 0.3 is 18.2 Å². The molecule has 1 aliphatic heterocycles. The molecule has 140 valence electrons. The Balaban J connectivity index is 1.59. The molecule has 0 saturated heterocycles. The number of halogens is 3. The molecule has 26 heavy (non-hydrogen) atoms. The van der Waals surface area contributed by atoms with Crippen molar-refractivity contribution in [1.29, 1.82) is 0 Å². The van der Waals surface area contributed by atoms with Crippen molar-refractivity contribution in [3.63, 3.8) is 0 Å². The molecular formula is C14H12F3N3O6. The monoisotopic (exact) mass is 375 g/mol. The van der Waals surface area contributed by atoms with E-state index in [2.05, 4.69) is 9.72 Å². The summed E-state index contributed by atoms with van der Waals surface area (Å²) in [6.07, 6.45) is -4.13. The first kappa shape index (κ1) is 17.8. The Morgan fingerprint density at radius 2 is 2.23 bits per heavy atom. The number of benzene rings is 1. The quantitative estimate of drug-likeness (QED) is 0.631. The van der Waals surface area contributed by atoms with Crippen LogP contribution >= 0.6 is 0 Å². The minimum Gasteiger partial charge on any atom is -0.504 e. The molecule has 1 atom stereocenters. The number of phenolic OH excluding ortho intramolecular Hbond substituents is 1. The maximum absolute atomic E-state index is 12.2. The first-order valence-electron chi connectivity index (χ1n) is 7.25. The second kappa shape index (κ2) is 6.71. The van der Waals surface area contributed by atoms with Gasteiger partial charge in [0.1, 0.15) is 18.9 Å². The molecule has 0 fully saturated rings. The number of hydrogen-bond donors (Lipinski definition) is 1. The standard InChI is InChI=1S/C14H12F3N3O6/c15-14(16,17)26-11-2-1-8(3-10(11)21)6-24-9-4-19-5-12(20(22)23)18-13(19)25-7-9/h1-3,5,9,21H,4,6-7H2/t9-/m0/s1. The first-order valence-corrected chi connectivity index (χ1v) is 7.25. The number of ether oxygens (including phenoxy) is 3. The van der Waals surface area contributed by atoms with Crippen LogP contribution in [0.1, 0.15) is 5.56 Å². The molecule has 0 bridgehead atoms. The van der Waals surface area contributed by atoms with E-state index in [1.807, 2.05) is 0 Å². The van der Waals surface area contributed by atoms with Crippen LogP contribution in [0.5, 0.6) is 17.5 Å². The van der Waals surface area contributed by atoms with E-state index in [-0.39, 0.29) is 31.6 Å². The summed E-state index contributed by atoms with van der Waals surface area (Å²) in [5, 5.41) is 20.3. The number of imidazole rings is 1. The highest BCUT2D eigenvalue weighted by Crippen LogP contribution is 2.32. The third-order valence-corrected chi connectivity index (χ3v) is 3.45. The number of nitro groups is 1. The number of nitrogens with zero attached hydrogens (tertiary/aromatic N) is 3. The number of hydrogen-bond acceptors (Lipinski definition) is 7. The van der Waals surface area contributed by atoms with Gasteiger partial charge in [-0.15, -0.1) is 13.2 Å². The average Bonchev–Trinajstić information content (AvgIpc) is 2.97. The highest BCUT2D eigenvalue weighted by Gasteiger charge is 2.32. The van der Waals surface area contributed by atoms with E-state index >= 15 is 0 Å². The largest absolute Gasteiger partial charge is 0.573 e. The van der Waals surface area contributed by atoms with Crippen molar-refractivity contribution >= 4 is 5.82 Å². The number of rotatable bonds is 5. The predicted molar refractivity (Wildman–Crippen MR) is 77.7 cm³/mol. The van der Waals surface area contributed by atoms with Gasteiger partial charge in [-0.2, -0.15) is 0 Å². The molecule has 0 amide bonds. The van der Waals surface area contributed by atoms with E-state index in [0.717, 1.165) is 12.1 Å². The fourth-order valence-corrected chi connectivity index (χ4v) is 2.34. The van der Waals surface area contributed by atoms with Crippen LogP contribution in [0.2, 0.25) is 0 Å². The third kappa shape index (κ3) is 4.14. The molecule has 0 aliphatic carbocycles. The van der Waals surface area contributed by atoms with E-state index in [9.17, 15) is 28.4 Å². The molecule has 1 aromatic heterocycles. The van der Waals surface area contributed by atoms with Gasteiger partial charge in [0.25, 0.3) is 0 Å². The molecule has 3 rings (SSSR count). The smallest absolute Gasteiger partial charge is 0.504 e. The van der Waals surface area contributed by atoms with Crippen molar-refractivity contribution in [2.24, 2.45) is 0 Å². The van der Waals surface area contributed by atoms with Gasteiger partial charge in [0.2, 0.25) is 0 Å². The maximum atomic E-state index is 12.2. The Morgan fingerprint density at radius 1 is 1.46 bits per heavy atom. The van der Waals surface area contributed by atoms with E-state index in [1.165, 1.54) is 16.8 Å². The van der Waals surface area contributed by atoms with Crippen molar-refractivity contribution < 1.29 is 37.4 Å². The lowest BCUT2D eigenvalue weighted by Crippen LogP contribution is -2.32. The molecule has 2 aromatic rings. The summed E-state index contributed by atoms with van der Waals surface area (Å²) in [6, 6.07) is 3.51. The summed E-state index contributed by atoms with van der Waals surface area (Å²) in [5.41, 5.74) is 0.416. The zero-order valence-corrected chi connectivity index (χ0v) is 13.0. The Kier molecular flexibility index (Phi) is 4.59. The Bertz CT molecular complexity index is 823. The first-order chi connectivity index (χ1) is 12.2. The number of aromatic nitrogens is 2. The van der Waals surface area contributed by atoms with Crippen LogP contribution in [-0.2, 0) is 17.9 Å². The average molecular weight is 375 g/mol. The van der Waals surface area contributed by atoms with Crippen LogP contribution in [-0.4, -0.2) is 38.7 Å². The van der Waals surface area contributed by atoms with Gasteiger partial charge < -0.3 is 29.4 Å². The molecule has 0 saturated carbocycles. The fourth-order valence-electron chi connectivity index (χ4n) is 2.34. The van der Waals surface area contributed by atoms with Crippen molar-refractivity contribution in [3.8, 4) is 17.5 Å². The topological polar surface area (TPSA) is 109 Å². The molecule has 1 aromatic carbocycles. The Hall–Kier alpha value is -3.02. The minimum atomic E-state index is -4.90. The van der Waals surface area contributed by atoms with Crippen molar-refractivity contribution in [2.75, 3.05) is 6.61 Å². The van der Waals surface area contributed by atoms with E-state index in [1.54, 1.807) is 0 Å². The second-order valence-electron chi connectivity index (χ2n) is 5.39. The number of fused-ring (bicyclic) bond motifs is 1. The zero-order valence-electron chi connectivity index (χ0n) is 13.0. The minimum absolute atomic E-state index is 0.0139. The van der Waals surface area contributed by atoms with E-state index in [0.29, 0.717) is 5.56 Å².